The van der Waals surface area contributed by atoms with Crippen LogP contribution in [0, 0.1) is 0 Å². The van der Waals surface area contributed by atoms with Crippen LogP contribution in [0.2, 0.25) is 0 Å². The second-order valence-electron chi connectivity index (χ2n) is 13.2. The van der Waals surface area contributed by atoms with Crippen LogP contribution in [0.3, 0.4) is 0 Å². The number of para-hydroxylation sites is 2. The second-order valence-corrected chi connectivity index (χ2v) is 14.2. The average molecular weight is 681 g/mol. The molecular weight excluding hydrogens is 653 g/mol. The number of fused-ring (bicyclic) bond motifs is 9. The lowest BCUT2D eigenvalue weighted by Gasteiger charge is -2.13. The molecule has 3 aromatic heterocycles. The van der Waals surface area contributed by atoms with Crippen LogP contribution in [0.5, 0.6) is 0 Å². The fourth-order valence-electron chi connectivity index (χ4n) is 7.90. The van der Waals surface area contributed by atoms with Crippen molar-refractivity contribution in [2.24, 2.45) is 0 Å². The number of thiophene rings is 1. The van der Waals surface area contributed by atoms with Gasteiger partial charge in [0.25, 0.3) is 0 Å². The van der Waals surface area contributed by atoms with Gasteiger partial charge in [-0.25, -0.2) is 15.0 Å². The van der Waals surface area contributed by atoms with E-state index < -0.39 is 0 Å². The molecule has 8 aromatic carbocycles. The van der Waals surface area contributed by atoms with E-state index in [4.69, 9.17) is 15.0 Å². The molecule has 0 saturated carbocycles. The standard InChI is InChI=1S/C47H28N4S/c1-2-16-33-29(12-1)26-27-30-13-10-21-38(43(30)33)46-48-45(49-47(50-46)39-22-11-20-37-36-19-5-8-25-42(36)52-44(37)39)31-14-9-15-32(28-31)51-40-23-6-3-17-34(40)35-18-4-7-24-41(35)51/h1-28H. The van der Waals surface area contributed by atoms with Crippen molar-refractivity contribution in [2.75, 3.05) is 0 Å². The molecule has 0 unspecified atom stereocenters. The van der Waals surface area contributed by atoms with Crippen molar-refractivity contribution in [1.82, 2.24) is 19.5 Å². The molecule has 3 heterocycles. The summed E-state index contributed by atoms with van der Waals surface area (Å²) in [5, 5.41) is 9.58. The van der Waals surface area contributed by atoms with Gasteiger partial charge in [-0.1, -0.05) is 133 Å². The zero-order valence-electron chi connectivity index (χ0n) is 27.9. The summed E-state index contributed by atoms with van der Waals surface area (Å²) < 4.78 is 4.76. The summed E-state index contributed by atoms with van der Waals surface area (Å²) in [6.45, 7) is 0. The predicted molar refractivity (Wildman–Crippen MR) is 218 cm³/mol. The van der Waals surface area contributed by atoms with E-state index >= 15 is 0 Å². The van der Waals surface area contributed by atoms with Crippen LogP contribution in [0.4, 0.5) is 0 Å². The summed E-state index contributed by atoms with van der Waals surface area (Å²) in [7, 11) is 0. The quantitative estimate of drug-likeness (QED) is 0.174. The van der Waals surface area contributed by atoms with E-state index in [1.807, 2.05) is 0 Å². The maximum absolute atomic E-state index is 5.31. The Balaban J connectivity index is 1.19. The maximum Gasteiger partial charge on any atom is 0.165 e. The fourth-order valence-corrected chi connectivity index (χ4v) is 9.11. The molecule has 0 aliphatic carbocycles. The van der Waals surface area contributed by atoms with Gasteiger partial charge in [0.15, 0.2) is 17.5 Å². The topological polar surface area (TPSA) is 43.6 Å². The Morgan fingerprint density at radius 3 is 1.81 bits per heavy atom. The molecule has 0 aliphatic rings. The van der Waals surface area contributed by atoms with Gasteiger partial charge in [-0.2, -0.15) is 0 Å². The highest BCUT2D eigenvalue weighted by Crippen LogP contribution is 2.41. The van der Waals surface area contributed by atoms with Crippen LogP contribution in [0.1, 0.15) is 0 Å². The molecule has 0 saturated heterocycles. The normalized spacial score (nSPS) is 11.8. The highest BCUT2D eigenvalue weighted by Gasteiger charge is 2.19. The molecule has 0 fully saturated rings. The molecule has 0 atom stereocenters. The lowest BCUT2D eigenvalue weighted by atomic mass is 9.97. The Bertz CT molecular complexity index is 3150. The van der Waals surface area contributed by atoms with E-state index in [0.717, 1.165) is 44.2 Å². The number of nitrogens with zero attached hydrogens (tertiary/aromatic N) is 4. The van der Waals surface area contributed by atoms with E-state index in [2.05, 4.69) is 174 Å². The van der Waals surface area contributed by atoms with Crippen molar-refractivity contribution < 1.29 is 0 Å². The number of aromatic nitrogens is 4. The van der Waals surface area contributed by atoms with Crippen molar-refractivity contribution in [3.63, 3.8) is 0 Å². The third-order valence-electron chi connectivity index (χ3n) is 10.2. The second kappa shape index (κ2) is 11.4. The lowest BCUT2D eigenvalue weighted by molar-refractivity contribution is 1.08. The van der Waals surface area contributed by atoms with Crippen LogP contribution < -0.4 is 0 Å². The van der Waals surface area contributed by atoms with E-state index in [9.17, 15) is 0 Å². The number of hydrogen-bond acceptors (Lipinski definition) is 4. The molecular formula is C47H28N4S. The van der Waals surface area contributed by atoms with Gasteiger partial charge in [-0.05, 0) is 52.6 Å². The lowest BCUT2D eigenvalue weighted by Crippen LogP contribution is -2.01. The van der Waals surface area contributed by atoms with E-state index in [0.29, 0.717) is 17.5 Å². The van der Waals surface area contributed by atoms with Crippen LogP contribution >= 0.6 is 11.3 Å². The minimum atomic E-state index is 0.637. The first-order valence-electron chi connectivity index (χ1n) is 17.5. The zero-order valence-corrected chi connectivity index (χ0v) is 28.7. The van der Waals surface area contributed by atoms with Gasteiger partial charge in [0.2, 0.25) is 0 Å². The maximum atomic E-state index is 5.31. The van der Waals surface area contributed by atoms with Crippen LogP contribution in [-0.4, -0.2) is 19.5 Å². The molecule has 0 spiro atoms. The summed E-state index contributed by atoms with van der Waals surface area (Å²) in [5.74, 6) is 1.96. The Morgan fingerprint density at radius 1 is 0.404 bits per heavy atom. The summed E-state index contributed by atoms with van der Waals surface area (Å²) in [4.78, 5) is 15.9. The molecule has 11 aromatic rings. The molecule has 242 valence electrons. The van der Waals surface area contributed by atoms with Crippen molar-refractivity contribution in [3.8, 4) is 39.9 Å². The Hall–Kier alpha value is -6.69. The molecule has 0 aliphatic heterocycles. The van der Waals surface area contributed by atoms with E-state index in [1.54, 1.807) is 11.3 Å². The van der Waals surface area contributed by atoms with Gasteiger partial charge in [-0.15, -0.1) is 11.3 Å². The molecule has 4 nitrogen and oxygen atoms in total. The average Bonchev–Trinajstić information content (AvgIpc) is 3.76. The third kappa shape index (κ3) is 4.43. The van der Waals surface area contributed by atoms with Crippen molar-refractivity contribution in [2.45, 2.75) is 0 Å². The smallest absolute Gasteiger partial charge is 0.165 e. The summed E-state index contributed by atoms with van der Waals surface area (Å²) in [5.41, 5.74) is 6.31. The van der Waals surface area contributed by atoms with E-state index in [-0.39, 0.29) is 0 Å². The molecule has 11 rings (SSSR count). The highest BCUT2D eigenvalue weighted by atomic mass is 32.1. The minimum absolute atomic E-state index is 0.637. The van der Waals surface area contributed by atoms with Crippen LogP contribution in [0.15, 0.2) is 170 Å². The largest absolute Gasteiger partial charge is 0.309 e. The van der Waals surface area contributed by atoms with E-state index in [1.165, 1.54) is 41.7 Å². The summed E-state index contributed by atoms with van der Waals surface area (Å²) in [6, 6.07) is 60.2. The number of benzene rings is 8. The van der Waals surface area contributed by atoms with Crippen molar-refractivity contribution >= 4 is 74.9 Å². The SMILES string of the molecule is c1cc(-c2nc(-c3cccc4c3sc3ccccc34)nc(-c3cccc4ccc5ccccc5c34)n2)cc(-n2c3ccccc3c3ccccc32)c1. The first kappa shape index (κ1) is 29.1. The Labute approximate surface area is 302 Å². The molecule has 52 heavy (non-hydrogen) atoms. The van der Waals surface area contributed by atoms with Crippen molar-refractivity contribution in [3.05, 3.63) is 170 Å². The van der Waals surface area contributed by atoms with Gasteiger partial charge < -0.3 is 4.57 Å². The van der Waals surface area contributed by atoms with Gasteiger partial charge in [0, 0.05) is 58.7 Å². The van der Waals surface area contributed by atoms with Crippen molar-refractivity contribution in [1.29, 1.82) is 0 Å². The van der Waals surface area contributed by atoms with Crippen LogP contribution in [-0.2, 0) is 0 Å². The van der Waals surface area contributed by atoms with Gasteiger partial charge in [0.1, 0.15) is 0 Å². The highest BCUT2D eigenvalue weighted by molar-refractivity contribution is 7.26. The number of rotatable bonds is 4. The van der Waals surface area contributed by atoms with Crippen LogP contribution in [0.25, 0.3) is 103 Å². The first-order valence-corrected chi connectivity index (χ1v) is 18.3. The minimum Gasteiger partial charge on any atom is -0.309 e. The zero-order chi connectivity index (χ0) is 34.2. The van der Waals surface area contributed by atoms with Gasteiger partial charge >= 0.3 is 0 Å². The molecule has 0 N–H and O–H groups in total. The summed E-state index contributed by atoms with van der Waals surface area (Å²) in [6.07, 6.45) is 0. The molecule has 0 radical (unpaired) electrons. The first-order chi connectivity index (χ1) is 25.8. The van der Waals surface area contributed by atoms with Gasteiger partial charge in [-0.3, -0.25) is 0 Å². The molecule has 5 heteroatoms. The third-order valence-corrected chi connectivity index (χ3v) is 11.5. The summed E-state index contributed by atoms with van der Waals surface area (Å²) >= 11 is 1.79. The molecule has 0 amide bonds. The molecule has 0 bridgehead atoms. The Morgan fingerprint density at radius 2 is 0.981 bits per heavy atom. The Kier molecular flexibility index (Phi) is 6.39. The fraction of sp³-hybridized carbons (Fsp3) is 0. The number of hydrogen-bond donors (Lipinski definition) is 0. The monoisotopic (exact) mass is 680 g/mol. The van der Waals surface area contributed by atoms with Gasteiger partial charge in [0.05, 0.1) is 11.0 Å². The predicted octanol–water partition coefficient (Wildman–Crippen LogP) is 12.6.